The lowest BCUT2D eigenvalue weighted by Gasteiger charge is -2.12. The van der Waals surface area contributed by atoms with Crippen LogP contribution in [0.15, 0.2) is 53.8 Å². The molecule has 92 valence electrons. The highest BCUT2D eigenvalue weighted by atomic mass is 16.3. The molecule has 1 N–H and O–H groups in total. The van der Waals surface area contributed by atoms with Crippen molar-refractivity contribution in [2.45, 2.75) is 6.54 Å². The molecule has 0 radical (unpaired) electrons. The van der Waals surface area contributed by atoms with Crippen LogP contribution in [0.5, 0.6) is 5.75 Å². The van der Waals surface area contributed by atoms with Gasteiger partial charge in [0, 0.05) is 19.8 Å². The number of hydrogen-bond donors (Lipinski definition) is 1. The average molecular weight is 241 g/mol. The molecule has 4 nitrogen and oxygen atoms in total. The van der Waals surface area contributed by atoms with Crippen molar-refractivity contribution in [1.82, 2.24) is 9.88 Å². The smallest absolute Gasteiger partial charge is 0.159 e. The Balaban J connectivity index is 1.99. The summed E-state index contributed by atoms with van der Waals surface area (Å²) >= 11 is 0. The zero-order valence-electron chi connectivity index (χ0n) is 10.2. The van der Waals surface area contributed by atoms with Gasteiger partial charge in [0.2, 0.25) is 0 Å². The fourth-order valence-electron chi connectivity index (χ4n) is 1.56. The van der Waals surface area contributed by atoms with Crippen molar-refractivity contribution in [3.63, 3.8) is 0 Å². The van der Waals surface area contributed by atoms with Gasteiger partial charge in [0.05, 0.1) is 12.5 Å². The van der Waals surface area contributed by atoms with Gasteiger partial charge >= 0.3 is 0 Å². The molecule has 0 atom stereocenters. The van der Waals surface area contributed by atoms with E-state index in [1.54, 1.807) is 18.6 Å². The van der Waals surface area contributed by atoms with Crippen LogP contribution in [-0.2, 0) is 6.54 Å². The summed E-state index contributed by atoms with van der Waals surface area (Å²) in [5.74, 6) is 0.0851. The number of aromatic hydroxyl groups is 1. The first-order valence-corrected chi connectivity index (χ1v) is 5.67. The quantitative estimate of drug-likeness (QED) is 0.661. The summed E-state index contributed by atoms with van der Waals surface area (Å²) in [6.45, 7) is 0.774. The fraction of sp³-hybridized carbons (Fsp3) is 0.143. The summed E-state index contributed by atoms with van der Waals surface area (Å²) in [6, 6.07) is 11.8. The Morgan fingerprint density at radius 3 is 2.78 bits per heavy atom. The largest absolute Gasteiger partial charge is 0.504 e. The van der Waals surface area contributed by atoms with Crippen LogP contribution >= 0.6 is 0 Å². The van der Waals surface area contributed by atoms with Gasteiger partial charge in [0.15, 0.2) is 5.75 Å². The first-order valence-electron chi connectivity index (χ1n) is 5.67. The van der Waals surface area contributed by atoms with Gasteiger partial charge in [-0.15, -0.1) is 0 Å². The molecule has 0 unspecified atom stereocenters. The minimum atomic E-state index is 0.0851. The van der Waals surface area contributed by atoms with E-state index >= 15 is 0 Å². The topological polar surface area (TPSA) is 48.7 Å². The highest BCUT2D eigenvalue weighted by Crippen LogP contribution is 2.23. The van der Waals surface area contributed by atoms with Gasteiger partial charge in [-0.1, -0.05) is 30.3 Å². The molecule has 0 bridgehead atoms. The van der Waals surface area contributed by atoms with Crippen molar-refractivity contribution in [1.29, 1.82) is 0 Å². The minimum absolute atomic E-state index is 0.0851. The molecule has 0 aliphatic heterocycles. The molecule has 0 saturated carbocycles. The van der Waals surface area contributed by atoms with Gasteiger partial charge in [0.1, 0.15) is 5.69 Å². The van der Waals surface area contributed by atoms with E-state index in [1.165, 1.54) is 11.8 Å². The number of nitrogens with zero attached hydrogens (tertiary/aromatic N) is 3. The Morgan fingerprint density at radius 2 is 2.06 bits per heavy atom. The molecule has 1 heterocycles. The van der Waals surface area contributed by atoms with Crippen molar-refractivity contribution in [3.05, 3.63) is 54.4 Å². The van der Waals surface area contributed by atoms with Crippen molar-refractivity contribution >= 4 is 12.0 Å². The molecule has 0 saturated heterocycles. The van der Waals surface area contributed by atoms with Gasteiger partial charge in [-0.2, -0.15) is 0 Å². The van der Waals surface area contributed by atoms with E-state index < -0.39 is 0 Å². The third-order valence-corrected chi connectivity index (χ3v) is 2.45. The van der Waals surface area contributed by atoms with Crippen molar-refractivity contribution in [2.75, 3.05) is 7.05 Å². The molecule has 2 rings (SSSR count). The highest BCUT2D eigenvalue weighted by molar-refractivity contribution is 5.63. The molecule has 1 aromatic carbocycles. The maximum absolute atomic E-state index is 9.52. The van der Waals surface area contributed by atoms with E-state index in [0.717, 1.165) is 6.54 Å². The van der Waals surface area contributed by atoms with Crippen molar-refractivity contribution in [2.24, 2.45) is 4.99 Å². The summed E-state index contributed by atoms with van der Waals surface area (Å²) in [5.41, 5.74) is 1.73. The van der Waals surface area contributed by atoms with E-state index in [0.29, 0.717) is 5.69 Å². The van der Waals surface area contributed by atoms with Gasteiger partial charge in [-0.05, 0) is 11.6 Å². The second-order valence-electron chi connectivity index (χ2n) is 4.01. The molecule has 0 aliphatic carbocycles. The molecule has 0 fully saturated rings. The summed E-state index contributed by atoms with van der Waals surface area (Å²) in [6.07, 6.45) is 4.68. The van der Waals surface area contributed by atoms with E-state index in [2.05, 4.69) is 22.1 Å². The number of aliphatic imine (C=N–C) groups is 1. The van der Waals surface area contributed by atoms with Crippen LogP contribution in [0.25, 0.3) is 0 Å². The normalized spacial score (nSPS) is 10.7. The van der Waals surface area contributed by atoms with Crippen LogP contribution in [0.2, 0.25) is 0 Å². The molecule has 1 aromatic heterocycles. The van der Waals surface area contributed by atoms with E-state index in [-0.39, 0.29) is 5.75 Å². The maximum Gasteiger partial charge on any atom is 0.159 e. The molecule has 0 amide bonds. The summed E-state index contributed by atoms with van der Waals surface area (Å²) in [5, 5.41) is 9.52. The van der Waals surface area contributed by atoms with Gasteiger partial charge < -0.3 is 10.0 Å². The zero-order valence-corrected chi connectivity index (χ0v) is 10.2. The summed E-state index contributed by atoms with van der Waals surface area (Å²) in [4.78, 5) is 9.97. The van der Waals surface area contributed by atoms with E-state index in [4.69, 9.17) is 0 Å². The lowest BCUT2D eigenvalue weighted by atomic mass is 10.2. The Labute approximate surface area is 106 Å². The number of aromatic nitrogens is 1. The van der Waals surface area contributed by atoms with Crippen LogP contribution in [0.3, 0.4) is 0 Å². The number of benzene rings is 1. The minimum Gasteiger partial charge on any atom is -0.504 e. The summed E-state index contributed by atoms with van der Waals surface area (Å²) < 4.78 is 0. The van der Waals surface area contributed by atoms with Crippen LogP contribution in [0, 0.1) is 0 Å². The van der Waals surface area contributed by atoms with E-state index in [1.807, 2.05) is 30.1 Å². The maximum atomic E-state index is 9.52. The third kappa shape index (κ3) is 3.31. The third-order valence-electron chi connectivity index (χ3n) is 2.45. The summed E-state index contributed by atoms with van der Waals surface area (Å²) in [7, 11) is 1.94. The number of hydrogen-bond acceptors (Lipinski definition) is 3. The molecule has 0 spiro atoms. The SMILES string of the molecule is CN(/C=N/c1ccncc1O)Cc1ccccc1. The van der Waals surface area contributed by atoms with Crippen LogP contribution < -0.4 is 0 Å². The Kier molecular flexibility index (Phi) is 3.91. The van der Waals surface area contributed by atoms with Gasteiger partial charge in [-0.3, -0.25) is 4.98 Å². The lowest BCUT2D eigenvalue weighted by molar-refractivity contribution is 0.473. The lowest BCUT2D eigenvalue weighted by Crippen LogP contribution is -2.14. The van der Waals surface area contributed by atoms with Gasteiger partial charge in [-0.25, -0.2) is 4.99 Å². The van der Waals surface area contributed by atoms with Gasteiger partial charge in [0.25, 0.3) is 0 Å². The molecule has 0 aliphatic rings. The van der Waals surface area contributed by atoms with E-state index in [9.17, 15) is 5.11 Å². The standard InChI is InChI=1S/C14H15N3O/c1-17(10-12-5-3-2-4-6-12)11-16-13-7-8-15-9-14(13)18/h2-9,11,18H,10H2,1H3/b16-11+. The number of pyridine rings is 1. The van der Waals surface area contributed by atoms with Crippen molar-refractivity contribution in [3.8, 4) is 5.75 Å². The Hall–Kier alpha value is -2.36. The predicted molar refractivity (Wildman–Crippen MR) is 72.0 cm³/mol. The fourth-order valence-corrected chi connectivity index (χ4v) is 1.56. The number of rotatable bonds is 4. The monoisotopic (exact) mass is 241 g/mol. The van der Waals surface area contributed by atoms with Crippen LogP contribution in [0.1, 0.15) is 5.56 Å². The van der Waals surface area contributed by atoms with Crippen molar-refractivity contribution < 1.29 is 5.11 Å². The first kappa shape index (κ1) is 12.1. The molecule has 18 heavy (non-hydrogen) atoms. The highest BCUT2D eigenvalue weighted by Gasteiger charge is 1.98. The predicted octanol–water partition coefficient (Wildman–Crippen LogP) is 2.58. The molecule has 4 heteroatoms. The zero-order chi connectivity index (χ0) is 12.8. The first-order chi connectivity index (χ1) is 8.75. The molecule has 2 aromatic rings. The molecular formula is C14H15N3O. The second-order valence-corrected chi connectivity index (χ2v) is 4.01. The van der Waals surface area contributed by atoms with Crippen LogP contribution in [0.4, 0.5) is 5.69 Å². The average Bonchev–Trinajstić information content (AvgIpc) is 2.39. The second kappa shape index (κ2) is 5.82. The van der Waals surface area contributed by atoms with Crippen LogP contribution in [-0.4, -0.2) is 28.4 Å². The Morgan fingerprint density at radius 1 is 1.28 bits per heavy atom. The molecular weight excluding hydrogens is 226 g/mol. The Bertz CT molecular complexity index is 526.